The van der Waals surface area contributed by atoms with Gasteiger partial charge in [-0.15, -0.1) is 0 Å². The van der Waals surface area contributed by atoms with Crippen molar-refractivity contribution in [1.82, 2.24) is 0 Å². The number of aldehydes is 1. The average molecular weight is 179 g/mol. The molecule has 0 unspecified atom stereocenters. The lowest BCUT2D eigenvalue weighted by Gasteiger charge is -2.04. The second-order valence-electron chi connectivity index (χ2n) is 2.44. The molecule has 0 amide bonds. The molecular formula is C9H9NO3. The van der Waals surface area contributed by atoms with Crippen LogP contribution in [0.2, 0.25) is 0 Å². The van der Waals surface area contributed by atoms with Crippen LogP contribution in [0.15, 0.2) is 18.2 Å². The molecule has 68 valence electrons. The molecule has 1 rings (SSSR count). The number of anilines is 1. The Bertz CT molecular complexity index is 347. The zero-order chi connectivity index (χ0) is 9.84. The Labute approximate surface area is 75.3 Å². The van der Waals surface area contributed by atoms with Gasteiger partial charge in [0.2, 0.25) is 5.78 Å². The Hall–Kier alpha value is -1.84. The molecule has 0 saturated heterocycles. The van der Waals surface area contributed by atoms with Gasteiger partial charge in [0.25, 0.3) is 0 Å². The van der Waals surface area contributed by atoms with E-state index >= 15 is 0 Å². The van der Waals surface area contributed by atoms with Crippen molar-refractivity contribution in [3.8, 4) is 5.75 Å². The normalized spacial score (nSPS) is 9.31. The summed E-state index contributed by atoms with van der Waals surface area (Å²) >= 11 is 0. The molecule has 0 aliphatic rings. The minimum absolute atomic E-state index is 0.228. The maximum atomic E-state index is 11.0. The quantitative estimate of drug-likeness (QED) is 0.320. The average Bonchev–Trinajstić information content (AvgIpc) is 2.16. The van der Waals surface area contributed by atoms with Crippen LogP contribution in [0, 0.1) is 0 Å². The lowest BCUT2D eigenvalue weighted by molar-refractivity contribution is -0.104. The number of rotatable bonds is 3. The summed E-state index contributed by atoms with van der Waals surface area (Å²) in [6, 6.07) is 4.50. The van der Waals surface area contributed by atoms with Crippen molar-refractivity contribution in [3.05, 3.63) is 23.8 Å². The van der Waals surface area contributed by atoms with Gasteiger partial charge in [-0.1, -0.05) is 0 Å². The van der Waals surface area contributed by atoms with Crippen molar-refractivity contribution in [2.45, 2.75) is 0 Å². The summed E-state index contributed by atoms with van der Waals surface area (Å²) in [5.74, 6) is -0.297. The summed E-state index contributed by atoms with van der Waals surface area (Å²) in [5.41, 5.74) is 6.18. The van der Waals surface area contributed by atoms with Crippen LogP contribution in [0.5, 0.6) is 5.75 Å². The number of nitrogens with two attached hydrogens (primary N) is 1. The molecule has 0 aliphatic heterocycles. The number of carbonyl (C=O) groups excluding carboxylic acids is 2. The van der Waals surface area contributed by atoms with Gasteiger partial charge in [0.15, 0.2) is 6.29 Å². The van der Waals surface area contributed by atoms with E-state index in [2.05, 4.69) is 0 Å². The Balaban J connectivity index is 3.20. The minimum atomic E-state index is -0.614. The third-order valence-corrected chi connectivity index (χ3v) is 1.60. The lowest BCUT2D eigenvalue weighted by atomic mass is 10.1. The van der Waals surface area contributed by atoms with E-state index in [9.17, 15) is 9.59 Å². The number of Topliss-reactive ketones (excluding diaryl/α,β-unsaturated/α-hetero) is 1. The van der Waals surface area contributed by atoms with Crippen LogP contribution in [-0.4, -0.2) is 19.2 Å². The molecule has 0 saturated carbocycles. The number of hydrogen-bond acceptors (Lipinski definition) is 4. The smallest absolute Gasteiger partial charge is 0.229 e. The molecular weight excluding hydrogens is 170 g/mol. The van der Waals surface area contributed by atoms with Crippen LogP contribution < -0.4 is 10.5 Å². The molecule has 0 spiro atoms. The highest BCUT2D eigenvalue weighted by Gasteiger charge is 2.10. The Morgan fingerprint density at radius 3 is 2.77 bits per heavy atom. The van der Waals surface area contributed by atoms with Gasteiger partial charge < -0.3 is 10.5 Å². The van der Waals surface area contributed by atoms with Crippen LogP contribution >= 0.6 is 0 Å². The number of ketones is 1. The number of ether oxygens (including phenoxy) is 1. The van der Waals surface area contributed by atoms with Gasteiger partial charge >= 0.3 is 0 Å². The van der Waals surface area contributed by atoms with Gasteiger partial charge in [-0.3, -0.25) is 9.59 Å². The summed E-state index contributed by atoms with van der Waals surface area (Å²) in [6.07, 6.45) is 0.244. The van der Waals surface area contributed by atoms with Crippen LogP contribution in [0.4, 0.5) is 5.69 Å². The summed E-state index contributed by atoms with van der Waals surface area (Å²) in [6.45, 7) is 0. The zero-order valence-corrected chi connectivity index (χ0v) is 7.11. The highest BCUT2D eigenvalue weighted by Crippen LogP contribution is 2.21. The maximum absolute atomic E-state index is 11.0. The Morgan fingerprint density at radius 1 is 1.54 bits per heavy atom. The number of hydrogen-bond donors (Lipinski definition) is 1. The van der Waals surface area contributed by atoms with Crippen molar-refractivity contribution < 1.29 is 14.3 Å². The fourth-order valence-electron chi connectivity index (χ4n) is 0.975. The maximum Gasteiger partial charge on any atom is 0.229 e. The number of methoxy groups -OCH3 is 1. The molecule has 2 N–H and O–H groups in total. The van der Waals surface area contributed by atoms with Crippen LogP contribution in [0.25, 0.3) is 0 Å². The van der Waals surface area contributed by atoms with E-state index in [1.165, 1.54) is 19.2 Å². The van der Waals surface area contributed by atoms with E-state index in [1.54, 1.807) is 6.07 Å². The highest BCUT2D eigenvalue weighted by molar-refractivity contribution is 6.34. The second-order valence-corrected chi connectivity index (χ2v) is 2.44. The minimum Gasteiger partial charge on any atom is -0.496 e. The summed E-state index contributed by atoms with van der Waals surface area (Å²) in [4.78, 5) is 21.2. The van der Waals surface area contributed by atoms with Gasteiger partial charge in [-0.2, -0.15) is 0 Å². The van der Waals surface area contributed by atoms with E-state index in [4.69, 9.17) is 10.5 Å². The van der Waals surface area contributed by atoms with Gasteiger partial charge in [0.1, 0.15) is 5.75 Å². The fourth-order valence-corrected chi connectivity index (χ4v) is 0.975. The molecule has 1 aromatic rings. The molecule has 0 radical (unpaired) electrons. The molecule has 13 heavy (non-hydrogen) atoms. The number of nitrogen functional groups attached to an aromatic ring is 1. The number of carbonyl (C=O) groups is 2. The van der Waals surface area contributed by atoms with Gasteiger partial charge in [-0.25, -0.2) is 0 Å². The van der Waals surface area contributed by atoms with E-state index in [-0.39, 0.29) is 11.8 Å². The molecule has 1 aromatic carbocycles. The topological polar surface area (TPSA) is 69.4 Å². The monoisotopic (exact) mass is 179 g/mol. The molecule has 0 aliphatic carbocycles. The van der Waals surface area contributed by atoms with Crippen LogP contribution in [0.3, 0.4) is 0 Å². The van der Waals surface area contributed by atoms with Crippen molar-refractivity contribution >= 4 is 17.8 Å². The SMILES string of the molecule is COc1cc(N)ccc1C(=O)C=O. The zero-order valence-electron chi connectivity index (χ0n) is 7.11. The summed E-state index contributed by atoms with van der Waals surface area (Å²) in [5, 5.41) is 0. The van der Waals surface area contributed by atoms with E-state index in [1.807, 2.05) is 0 Å². The van der Waals surface area contributed by atoms with Crippen LogP contribution in [-0.2, 0) is 4.79 Å². The van der Waals surface area contributed by atoms with Gasteiger partial charge in [0.05, 0.1) is 12.7 Å². The van der Waals surface area contributed by atoms with Gasteiger partial charge in [0, 0.05) is 11.8 Å². The molecule has 0 bridgehead atoms. The first-order valence-electron chi connectivity index (χ1n) is 3.62. The molecule has 0 heterocycles. The Morgan fingerprint density at radius 2 is 2.23 bits per heavy atom. The fraction of sp³-hybridized carbons (Fsp3) is 0.111. The second kappa shape index (κ2) is 3.71. The largest absolute Gasteiger partial charge is 0.496 e. The summed E-state index contributed by atoms with van der Waals surface area (Å²) < 4.78 is 4.89. The number of benzene rings is 1. The first kappa shape index (κ1) is 9.25. The third-order valence-electron chi connectivity index (χ3n) is 1.60. The molecule has 0 fully saturated rings. The van der Waals surface area contributed by atoms with Crippen LogP contribution in [0.1, 0.15) is 10.4 Å². The van der Waals surface area contributed by atoms with Gasteiger partial charge in [-0.05, 0) is 12.1 Å². The summed E-state index contributed by atoms with van der Waals surface area (Å²) in [7, 11) is 1.41. The first-order chi connectivity index (χ1) is 6.19. The molecule has 4 heteroatoms. The van der Waals surface area contributed by atoms with Crippen molar-refractivity contribution in [2.75, 3.05) is 12.8 Å². The van der Waals surface area contributed by atoms with Crippen molar-refractivity contribution in [1.29, 1.82) is 0 Å². The molecule has 0 aromatic heterocycles. The van der Waals surface area contributed by atoms with Crippen molar-refractivity contribution in [2.24, 2.45) is 0 Å². The highest BCUT2D eigenvalue weighted by atomic mass is 16.5. The first-order valence-corrected chi connectivity index (χ1v) is 3.62. The standard InChI is InChI=1S/C9H9NO3/c1-13-9-4-6(10)2-3-7(9)8(12)5-11/h2-5H,10H2,1H3. The van der Waals surface area contributed by atoms with E-state index < -0.39 is 5.78 Å². The van der Waals surface area contributed by atoms with E-state index in [0.29, 0.717) is 11.4 Å². The predicted molar refractivity (Wildman–Crippen MR) is 47.8 cm³/mol. The third kappa shape index (κ3) is 1.84. The molecule has 0 atom stereocenters. The molecule has 4 nitrogen and oxygen atoms in total. The predicted octanol–water partition coefficient (Wildman–Crippen LogP) is 0.659. The lowest BCUT2D eigenvalue weighted by Crippen LogP contribution is -2.03. The van der Waals surface area contributed by atoms with E-state index in [0.717, 1.165) is 0 Å². The van der Waals surface area contributed by atoms with Crippen molar-refractivity contribution in [3.63, 3.8) is 0 Å². The Kier molecular flexibility index (Phi) is 2.64.